The molecule has 4 rings (SSSR count). The first-order valence-electron chi connectivity index (χ1n) is 8.91. The number of nitrogens with zero attached hydrogens (tertiary/aromatic N) is 4. The minimum Gasteiger partial charge on any atom is -0.488 e. The molecule has 8 nitrogen and oxygen atoms in total. The molecule has 1 aromatic carbocycles. The van der Waals surface area contributed by atoms with E-state index in [1.807, 2.05) is 49.7 Å². The van der Waals surface area contributed by atoms with Crippen molar-refractivity contribution in [3.8, 4) is 17.1 Å². The lowest BCUT2D eigenvalue weighted by atomic mass is 10.2. The Balaban J connectivity index is 1.49. The monoisotopic (exact) mass is 409 g/mol. The Labute approximate surface area is 171 Å². The second-order valence-corrected chi connectivity index (χ2v) is 7.31. The van der Waals surface area contributed by atoms with Gasteiger partial charge in [0.1, 0.15) is 23.8 Å². The number of nitrogens with one attached hydrogen (secondary N) is 1. The van der Waals surface area contributed by atoms with Gasteiger partial charge in [-0.3, -0.25) is 14.8 Å². The van der Waals surface area contributed by atoms with E-state index < -0.39 is 5.91 Å². The van der Waals surface area contributed by atoms with Gasteiger partial charge in [-0.05, 0) is 31.5 Å². The largest absolute Gasteiger partial charge is 0.488 e. The van der Waals surface area contributed by atoms with E-state index in [2.05, 4.69) is 20.6 Å². The zero-order valence-corrected chi connectivity index (χ0v) is 17.0. The van der Waals surface area contributed by atoms with Gasteiger partial charge in [0.15, 0.2) is 10.8 Å². The molecule has 0 aliphatic rings. The van der Waals surface area contributed by atoms with Gasteiger partial charge in [0.05, 0.1) is 11.3 Å². The quantitative estimate of drug-likeness (QED) is 0.518. The number of amides is 1. The maximum absolute atomic E-state index is 12.7. The van der Waals surface area contributed by atoms with E-state index in [4.69, 9.17) is 9.26 Å². The van der Waals surface area contributed by atoms with Crippen LogP contribution in [0.5, 0.6) is 5.75 Å². The van der Waals surface area contributed by atoms with Gasteiger partial charge >= 0.3 is 0 Å². The Hall–Kier alpha value is -3.46. The van der Waals surface area contributed by atoms with Gasteiger partial charge < -0.3 is 9.26 Å². The third-order valence-corrected chi connectivity index (χ3v) is 5.23. The number of hydrogen-bond donors (Lipinski definition) is 1. The normalized spacial score (nSPS) is 10.9. The molecular formula is C20H19N5O3S. The number of carbonyl (C=O) groups excluding carboxylic acids is 1. The van der Waals surface area contributed by atoms with Crippen molar-refractivity contribution in [2.75, 3.05) is 5.32 Å². The Morgan fingerprint density at radius 2 is 2.10 bits per heavy atom. The Bertz CT molecular complexity index is 1160. The number of ether oxygens (including phenoxy) is 1. The molecule has 0 unspecified atom stereocenters. The van der Waals surface area contributed by atoms with Crippen LogP contribution in [-0.4, -0.2) is 25.8 Å². The van der Waals surface area contributed by atoms with Gasteiger partial charge in [0.2, 0.25) is 0 Å². The summed E-state index contributed by atoms with van der Waals surface area (Å²) in [5, 5.41) is 13.2. The van der Waals surface area contributed by atoms with Gasteiger partial charge in [-0.15, -0.1) is 11.3 Å². The number of para-hydroxylation sites is 1. The van der Waals surface area contributed by atoms with E-state index in [0.717, 1.165) is 22.7 Å². The summed E-state index contributed by atoms with van der Waals surface area (Å²) in [5.74, 6) is 0.898. The number of benzene rings is 1. The van der Waals surface area contributed by atoms with Crippen molar-refractivity contribution < 1.29 is 14.1 Å². The lowest BCUT2D eigenvalue weighted by Gasteiger charge is -2.08. The van der Waals surface area contributed by atoms with Crippen LogP contribution in [0.3, 0.4) is 0 Å². The maximum atomic E-state index is 12.7. The molecule has 29 heavy (non-hydrogen) atoms. The number of rotatable bonds is 6. The molecule has 0 saturated heterocycles. The highest BCUT2D eigenvalue weighted by Crippen LogP contribution is 2.26. The molecule has 0 bridgehead atoms. The van der Waals surface area contributed by atoms with Gasteiger partial charge in [-0.1, -0.05) is 23.4 Å². The molecule has 0 fully saturated rings. The van der Waals surface area contributed by atoms with Gasteiger partial charge in [0.25, 0.3) is 5.91 Å². The van der Waals surface area contributed by atoms with E-state index in [-0.39, 0.29) is 12.3 Å². The van der Waals surface area contributed by atoms with Crippen molar-refractivity contribution in [2.45, 2.75) is 20.5 Å². The highest BCUT2D eigenvalue weighted by molar-refractivity contribution is 7.14. The van der Waals surface area contributed by atoms with Gasteiger partial charge in [-0.2, -0.15) is 5.10 Å². The summed E-state index contributed by atoms with van der Waals surface area (Å²) in [5.41, 5.74) is 3.41. The third kappa shape index (κ3) is 3.90. The van der Waals surface area contributed by atoms with E-state index in [9.17, 15) is 4.79 Å². The maximum Gasteiger partial charge on any atom is 0.280 e. The lowest BCUT2D eigenvalue weighted by Crippen LogP contribution is -2.15. The molecule has 1 N–H and O–H groups in total. The smallest absolute Gasteiger partial charge is 0.280 e. The summed E-state index contributed by atoms with van der Waals surface area (Å²) < 4.78 is 12.8. The minimum atomic E-state index is -0.392. The van der Waals surface area contributed by atoms with Crippen molar-refractivity contribution in [2.24, 2.45) is 7.05 Å². The fourth-order valence-corrected chi connectivity index (χ4v) is 3.54. The van der Waals surface area contributed by atoms with E-state index in [0.29, 0.717) is 16.5 Å². The molecule has 3 heterocycles. The summed E-state index contributed by atoms with van der Waals surface area (Å²) in [6.45, 7) is 3.90. The molecule has 1 amide bonds. The SMILES string of the molecule is Cc1ccccc1OCc1c(C(=O)Nc2nc(-c3ccnn3C)cs2)noc1C. The van der Waals surface area contributed by atoms with Crippen LogP contribution in [0, 0.1) is 13.8 Å². The standard InChI is InChI=1S/C20H19N5O3S/c1-12-6-4-5-7-17(12)27-10-14-13(2)28-24-18(14)19(26)23-20-22-15(11-29-20)16-8-9-21-25(16)3/h4-9,11H,10H2,1-3H3,(H,22,23,26). The first kappa shape index (κ1) is 18.9. The van der Waals surface area contributed by atoms with E-state index in [1.54, 1.807) is 17.8 Å². The molecule has 0 atom stereocenters. The summed E-state index contributed by atoms with van der Waals surface area (Å²) in [6.07, 6.45) is 1.70. The molecule has 0 saturated carbocycles. The molecule has 0 radical (unpaired) electrons. The molecule has 9 heteroatoms. The Kier molecular flexibility index (Phi) is 5.13. The number of carbonyl (C=O) groups is 1. The molecular weight excluding hydrogens is 390 g/mol. The van der Waals surface area contributed by atoms with Crippen LogP contribution in [-0.2, 0) is 13.7 Å². The molecule has 0 aliphatic carbocycles. The molecule has 3 aromatic heterocycles. The predicted octanol–water partition coefficient (Wildman–Crippen LogP) is 3.98. The zero-order valence-electron chi connectivity index (χ0n) is 16.2. The predicted molar refractivity (Wildman–Crippen MR) is 109 cm³/mol. The molecule has 148 valence electrons. The van der Waals surface area contributed by atoms with Crippen molar-refractivity contribution in [3.63, 3.8) is 0 Å². The third-order valence-electron chi connectivity index (χ3n) is 4.47. The van der Waals surface area contributed by atoms with Crippen molar-refractivity contribution >= 4 is 22.4 Å². The lowest BCUT2D eigenvalue weighted by molar-refractivity contribution is 0.101. The van der Waals surface area contributed by atoms with Crippen LogP contribution in [0.25, 0.3) is 11.4 Å². The second kappa shape index (κ2) is 7.88. The Morgan fingerprint density at radius 3 is 2.86 bits per heavy atom. The van der Waals surface area contributed by atoms with Crippen LogP contribution in [0.4, 0.5) is 5.13 Å². The van der Waals surface area contributed by atoms with Crippen molar-refractivity contribution in [1.82, 2.24) is 19.9 Å². The van der Waals surface area contributed by atoms with Crippen LogP contribution < -0.4 is 10.1 Å². The second-order valence-electron chi connectivity index (χ2n) is 6.45. The van der Waals surface area contributed by atoms with Crippen LogP contribution >= 0.6 is 11.3 Å². The summed E-state index contributed by atoms with van der Waals surface area (Å²) in [7, 11) is 1.84. The van der Waals surface area contributed by atoms with Gasteiger partial charge in [0, 0.05) is 18.6 Å². The average molecular weight is 409 g/mol. The first-order chi connectivity index (χ1) is 14.0. The Morgan fingerprint density at radius 1 is 1.28 bits per heavy atom. The number of aryl methyl sites for hydroxylation is 3. The van der Waals surface area contributed by atoms with Crippen molar-refractivity contribution in [1.29, 1.82) is 0 Å². The summed E-state index contributed by atoms with van der Waals surface area (Å²) in [6, 6.07) is 9.56. The summed E-state index contributed by atoms with van der Waals surface area (Å²) >= 11 is 1.33. The topological polar surface area (TPSA) is 95.1 Å². The van der Waals surface area contributed by atoms with E-state index >= 15 is 0 Å². The van der Waals surface area contributed by atoms with E-state index in [1.165, 1.54) is 11.3 Å². The van der Waals surface area contributed by atoms with Gasteiger partial charge in [-0.25, -0.2) is 4.98 Å². The highest BCUT2D eigenvalue weighted by atomic mass is 32.1. The summed E-state index contributed by atoms with van der Waals surface area (Å²) in [4.78, 5) is 17.2. The minimum absolute atomic E-state index is 0.182. The highest BCUT2D eigenvalue weighted by Gasteiger charge is 2.22. The van der Waals surface area contributed by atoms with Crippen molar-refractivity contribution in [3.05, 3.63) is 64.5 Å². The fourth-order valence-electron chi connectivity index (χ4n) is 2.84. The number of hydrogen-bond acceptors (Lipinski definition) is 7. The molecule has 0 aliphatic heterocycles. The molecule has 0 spiro atoms. The average Bonchev–Trinajstić information content (AvgIpc) is 3.41. The first-order valence-corrected chi connectivity index (χ1v) is 9.79. The van der Waals surface area contributed by atoms with Crippen LogP contribution in [0.1, 0.15) is 27.4 Å². The number of anilines is 1. The fraction of sp³-hybridized carbons (Fsp3) is 0.200. The zero-order chi connectivity index (χ0) is 20.4. The number of aromatic nitrogens is 4. The molecule has 4 aromatic rings. The van der Waals surface area contributed by atoms with Crippen LogP contribution in [0.2, 0.25) is 0 Å². The van der Waals surface area contributed by atoms with Crippen LogP contribution in [0.15, 0.2) is 46.4 Å². The number of thiazole rings is 1.